The number of rotatable bonds is 7. The normalized spacial score (nSPS) is 13.8. The second kappa shape index (κ2) is 7.96. The van der Waals surface area contributed by atoms with Gasteiger partial charge in [0.1, 0.15) is 11.6 Å². The Balaban J connectivity index is 1.79. The second-order valence-electron chi connectivity index (χ2n) is 5.35. The fourth-order valence-electron chi connectivity index (χ4n) is 2.21. The first-order valence-electron chi connectivity index (χ1n) is 7.32. The highest BCUT2D eigenvalue weighted by molar-refractivity contribution is 5.21. The molecule has 1 aromatic carbocycles. The minimum Gasteiger partial charge on any atom is -0.387 e. The van der Waals surface area contributed by atoms with Crippen molar-refractivity contribution in [2.75, 3.05) is 6.54 Å². The van der Waals surface area contributed by atoms with E-state index in [4.69, 9.17) is 0 Å². The van der Waals surface area contributed by atoms with Crippen molar-refractivity contribution in [1.29, 1.82) is 0 Å². The first-order valence-corrected chi connectivity index (χ1v) is 7.32. The lowest BCUT2D eigenvalue weighted by molar-refractivity contribution is 0.165. The summed E-state index contributed by atoms with van der Waals surface area (Å²) in [5, 5.41) is 13.1. The van der Waals surface area contributed by atoms with E-state index < -0.39 is 17.7 Å². The van der Waals surface area contributed by atoms with Gasteiger partial charge < -0.3 is 10.4 Å². The molecular weight excluding hydrogens is 286 g/mol. The Labute approximate surface area is 129 Å². The molecule has 1 heterocycles. The lowest BCUT2D eigenvalue weighted by Crippen LogP contribution is -2.31. The second-order valence-corrected chi connectivity index (χ2v) is 5.35. The van der Waals surface area contributed by atoms with Crippen LogP contribution in [0.4, 0.5) is 8.78 Å². The zero-order valence-electron chi connectivity index (χ0n) is 12.5. The third-order valence-corrected chi connectivity index (χ3v) is 3.54. The first kappa shape index (κ1) is 16.5. The fraction of sp³-hybridized carbons (Fsp3) is 0.353. The van der Waals surface area contributed by atoms with Gasteiger partial charge in [-0.15, -0.1) is 0 Å². The maximum absolute atomic E-state index is 13.6. The molecule has 118 valence electrons. The Bertz CT molecular complexity index is 592. The topological polar surface area (TPSA) is 45.2 Å². The number of aryl methyl sites for hydroxylation is 1. The Morgan fingerprint density at radius 1 is 1.23 bits per heavy atom. The van der Waals surface area contributed by atoms with Crippen molar-refractivity contribution in [3.05, 3.63) is 65.5 Å². The number of aliphatic hydroxyl groups excluding tert-OH is 1. The highest BCUT2D eigenvalue weighted by Crippen LogP contribution is 2.17. The van der Waals surface area contributed by atoms with Crippen LogP contribution in [-0.4, -0.2) is 22.7 Å². The van der Waals surface area contributed by atoms with Gasteiger partial charge in [0, 0.05) is 36.1 Å². The molecule has 2 rings (SSSR count). The summed E-state index contributed by atoms with van der Waals surface area (Å²) in [6.45, 7) is 2.21. The Hall–Kier alpha value is -1.85. The van der Waals surface area contributed by atoms with E-state index in [1.54, 1.807) is 6.20 Å². The Morgan fingerprint density at radius 3 is 2.73 bits per heavy atom. The molecule has 2 atom stereocenters. The number of hydrogen-bond donors (Lipinski definition) is 2. The number of benzene rings is 1. The molecule has 1 aromatic heterocycles. The summed E-state index contributed by atoms with van der Waals surface area (Å²) in [7, 11) is 0. The van der Waals surface area contributed by atoms with E-state index in [-0.39, 0.29) is 18.2 Å². The lowest BCUT2D eigenvalue weighted by atomic mass is 10.1. The molecule has 0 amide bonds. The maximum atomic E-state index is 13.6. The van der Waals surface area contributed by atoms with Crippen molar-refractivity contribution < 1.29 is 13.9 Å². The minimum absolute atomic E-state index is 0.103. The summed E-state index contributed by atoms with van der Waals surface area (Å²) < 4.78 is 26.4. The molecule has 5 heteroatoms. The molecule has 0 bridgehead atoms. The van der Waals surface area contributed by atoms with Crippen molar-refractivity contribution in [3.8, 4) is 0 Å². The predicted molar refractivity (Wildman–Crippen MR) is 81.3 cm³/mol. The van der Waals surface area contributed by atoms with E-state index in [2.05, 4.69) is 10.3 Å². The standard InChI is InChI=1S/C17H20F2N2O/c1-12(5-7-14-4-2-3-9-20-14)21-11-17(22)15-8-6-13(18)10-16(15)19/h2-4,6,8-10,12,17,21-22H,5,7,11H2,1H3. The van der Waals surface area contributed by atoms with Gasteiger partial charge in [0.2, 0.25) is 0 Å². The van der Waals surface area contributed by atoms with Gasteiger partial charge in [0.25, 0.3) is 0 Å². The zero-order chi connectivity index (χ0) is 15.9. The predicted octanol–water partition coefficient (Wildman–Crippen LogP) is 3.00. The van der Waals surface area contributed by atoms with Crippen LogP contribution in [-0.2, 0) is 6.42 Å². The number of aromatic nitrogens is 1. The highest BCUT2D eigenvalue weighted by Gasteiger charge is 2.14. The molecule has 0 aliphatic rings. The van der Waals surface area contributed by atoms with E-state index in [0.717, 1.165) is 30.7 Å². The molecule has 0 saturated carbocycles. The van der Waals surface area contributed by atoms with Gasteiger partial charge in [0.05, 0.1) is 6.10 Å². The third kappa shape index (κ3) is 4.86. The zero-order valence-corrected chi connectivity index (χ0v) is 12.5. The van der Waals surface area contributed by atoms with Gasteiger partial charge in [0.15, 0.2) is 0 Å². The molecule has 3 nitrogen and oxygen atoms in total. The van der Waals surface area contributed by atoms with Crippen LogP contribution in [0.25, 0.3) is 0 Å². The minimum atomic E-state index is -1.00. The number of pyridine rings is 1. The monoisotopic (exact) mass is 306 g/mol. The van der Waals surface area contributed by atoms with Crippen LogP contribution in [0.3, 0.4) is 0 Å². The molecule has 2 N–H and O–H groups in total. The lowest BCUT2D eigenvalue weighted by Gasteiger charge is -2.17. The molecule has 2 aromatic rings. The fourth-order valence-corrected chi connectivity index (χ4v) is 2.21. The Kier molecular flexibility index (Phi) is 5.98. The summed E-state index contributed by atoms with van der Waals surface area (Å²) in [4.78, 5) is 4.25. The molecule has 0 spiro atoms. The van der Waals surface area contributed by atoms with Crippen LogP contribution in [0.5, 0.6) is 0 Å². The van der Waals surface area contributed by atoms with Gasteiger partial charge in [-0.25, -0.2) is 8.78 Å². The summed E-state index contributed by atoms with van der Waals surface area (Å²) in [5.74, 6) is -1.37. The highest BCUT2D eigenvalue weighted by atomic mass is 19.1. The average Bonchev–Trinajstić information content (AvgIpc) is 2.51. The summed E-state index contributed by atoms with van der Waals surface area (Å²) in [6.07, 6.45) is 2.44. The van der Waals surface area contributed by atoms with Crippen LogP contribution in [0, 0.1) is 11.6 Å². The number of nitrogens with zero attached hydrogens (tertiary/aromatic N) is 1. The average molecular weight is 306 g/mol. The van der Waals surface area contributed by atoms with Crippen molar-refractivity contribution in [2.24, 2.45) is 0 Å². The number of hydrogen-bond acceptors (Lipinski definition) is 3. The largest absolute Gasteiger partial charge is 0.387 e. The van der Waals surface area contributed by atoms with Crippen LogP contribution < -0.4 is 5.32 Å². The van der Waals surface area contributed by atoms with Crippen molar-refractivity contribution in [3.63, 3.8) is 0 Å². The van der Waals surface area contributed by atoms with E-state index >= 15 is 0 Å². The third-order valence-electron chi connectivity index (χ3n) is 3.54. The molecule has 22 heavy (non-hydrogen) atoms. The first-order chi connectivity index (χ1) is 10.6. The van der Waals surface area contributed by atoms with Crippen LogP contribution in [0.2, 0.25) is 0 Å². The summed E-state index contributed by atoms with van der Waals surface area (Å²) >= 11 is 0. The van der Waals surface area contributed by atoms with E-state index in [0.29, 0.717) is 0 Å². The van der Waals surface area contributed by atoms with Crippen LogP contribution in [0.15, 0.2) is 42.6 Å². The number of nitrogens with one attached hydrogen (secondary N) is 1. The van der Waals surface area contributed by atoms with Crippen LogP contribution in [0.1, 0.15) is 30.7 Å². The molecule has 0 aliphatic carbocycles. The molecule has 2 unspecified atom stereocenters. The molecule has 0 aliphatic heterocycles. The SMILES string of the molecule is CC(CCc1ccccn1)NCC(O)c1ccc(F)cc1F. The number of halogens is 2. The maximum Gasteiger partial charge on any atom is 0.131 e. The molecule has 0 radical (unpaired) electrons. The van der Waals surface area contributed by atoms with E-state index in [1.807, 2.05) is 25.1 Å². The van der Waals surface area contributed by atoms with E-state index in [9.17, 15) is 13.9 Å². The molecule has 0 saturated heterocycles. The quantitative estimate of drug-likeness (QED) is 0.826. The summed E-state index contributed by atoms with van der Waals surface area (Å²) in [6, 6.07) is 9.14. The van der Waals surface area contributed by atoms with Gasteiger partial charge in [-0.1, -0.05) is 12.1 Å². The molecule has 0 fully saturated rings. The van der Waals surface area contributed by atoms with Crippen LogP contribution >= 0.6 is 0 Å². The van der Waals surface area contributed by atoms with Gasteiger partial charge >= 0.3 is 0 Å². The smallest absolute Gasteiger partial charge is 0.131 e. The van der Waals surface area contributed by atoms with E-state index in [1.165, 1.54) is 6.07 Å². The van der Waals surface area contributed by atoms with Gasteiger partial charge in [-0.3, -0.25) is 4.98 Å². The van der Waals surface area contributed by atoms with Gasteiger partial charge in [-0.2, -0.15) is 0 Å². The van der Waals surface area contributed by atoms with Crippen molar-refractivity contribution in [1.82, 2.24) is 10.3 Å². The molecular formula is C17H20F2N2O. The van der Waals surface area contributed by atoms with Crippen molar-refractivity contribution in [2.45, 2.75) is 31.9 Å². The summed E-state index contributed by atoms with van der Waals surface area (Å²) in [5.41, 5.74) is 1.12. The Morgan fingerprint density at radius 2 is 2.05 bits per heavy atom. The number of aliphatic hydroxyl groups is 1. The van der Waals surface area contributed by atoms with Gasteiger partial charge in [-0.05, 0) is 38.0 Å². The van der Waals surface area contributed by atoms with Crippen molar-refractivity contribution >= 4 is 0 Å².